The molecule has 0 fully saturated rings. The van der Waals surface area contributed by atoms with Crippen molar-refractivity contribution < 1.29 is 28.8 Å². The molecule has 1 aromatic carbocycles. The van der Waals surface area contributed by atoms with Crippen molar-refractivity contribution in [2.24, 2.45) is 0 Å². The fraction of sp³-hybridized carbons (Fsp3) is 0.611. The van der Waals surface area contributed by atoms with Crippen molar-refractivity contribution in [3.05, 3.63) is 17.7 Å². The Hall–Kier alpha value is -1.95. The fourth-order valence-corrected chi connectivity index (χ4v) is 2.34. The van der Waals surface area contributed by atoms with Crippen LogP contribution in [0.1, 0.15) is 56.3 Å². The highest BCUT2D eigenvalue weighted by atomic mass is 17.2. The molecule has 1 unspecified atom stereocenters. The Kier molecular flexibility index (Phi) is 9.01. The van der Waals surface area contributed by atoms with E-state index in [-0.39, 0.29) is 17.4 Å². The number of hydrogen-bond acceptors (Lipinski definition) is 6. The summed E-state index contributed by atoms with van der Waals surface area (Å²) in [5.74, 6) is 0.424. The van der Waals surface area contributed by atoms with Crippen molar-refractivity contribution in [3.63, 3.8) is 0 Å². The van der Waals surface area contributed by atoms with Crippen molar-refractivity contribution in [2.75, 3.05) is 21.3 Å². The first-order chi connectivity index (χ1) is 11.6. The van der Waals surface area contributed by atoms with E-state index < -0.39 is 5.97 Å². The Morgan fingerprint density at radius 3 is 2.29 bits per heavy atom. The van der Waals surface area contributed by atoms with Crippen molar-refractivity contribution in [1.29, 1.82) is 0 Å². The number of unbranched alkanes of at least 4 members (excludes halogenated alkanes) is 3. The van der Waals surface area contributed by atoms with Gasteiger partial charge in [-0.1, -0.05) is 32.6 Å². The second kappa shape index (κ2) is 10.8. The molecule has 0 saturated heterocycles. The summed E-state index contributed by atoms with van der Waals surface area (Å²) in [7, 11) is 4.44. The summed E-state index contributed by atoms with van der Waals surface area (Å²) in [6.45, 7) is 4.04. The fourth-order valence-electron chi connectivity index (χ4n) is 2.34. The van der Waals surface area contributed by atoms with Crippen LogP contribution in [-0.4, -0.2) is 33.4 Å². The Morgan fingerprint density at radius 1 is 1.00 bits per heavy atom. The molecule has 0 spiro atoms. The Labute approximate surface area is 143 Å². The summed E-state index contributed by atoms with van der Waals surface area (Å²) in [6.07, 6.45) is 5.28. The van der Waals surface area contributed by atoms with Gasteiger partial charge in [0, 0.05) is 0 Å². The summed E-state index contributed by atoms with van der Waals surface area (Å²) >= 11 is 0. The SMILES string of the molecule is CCCCCCC(C)OOC(=O)c1ccc(OC)c(OC)c1OC. The first-order valence-electron chi connectivity index (χ1n) is 8.25. The molecule has 0 N–H and O–H groups in total. The molecule has 0 aromatic heterocycles. The lowest BCUT2D eigenvalue weighted by Gasteiger charge is -2.15. The maximum Gasteiger partial charge on any atom is 0.376 e. The molecule has 1 aromatic rings. The third kappa shape index (κ3) is 5.60. The minimum absolute atomic E-state index is 0.156. The highest BCUT2D eigenvalue weighted by Crippen LogP contribution is 2.40. The first kappa shape index (κ1) is 20.1. The molecule has 0 saturated carbocycles. The number of methoxy groups -OCH3 is 3. The highest BCUT2D eigenvalue weighted by molar-refractivity contribution is 5.93. The third-order valence-corrected chi connectivity index (χ3v) is 3.68. The molecule has 6 nitrogen and oxygen atoms in total. The van der Waals surface area contributed by atoms with Crippen LogP contribution in [0.4, 0.5) is 0 Å². The van der Waals surface area contributed by atoms with Gasteiger partial charge in [-0.15, -0.1) is 0 Å². The molecule has 0 aliphatic carbocycles. The largest absolute Gasteiger partial charge is 0.493 e. The zero-order valence-electron chi connectivity index (χ0n) is 15.2. The molecule has 24 heavy (non-hydrogen) atoms. The van der Waals surface area contributed by atoms with Crippen molar-refractivity contribution in [2.45, 2.75) is 52.1 Å². The minimum atomic E-state index is -0.631. The maximum atomic E-state index is 12.2. The Bertz CT molecular complexity index is 514. The summed E-state index contributed by atoms with van der Waals surface area (Å²) in [5.41, 5.74) is 0.216. The molecule has 6 heteroatoms. The second-order valence-corrected chi connectivity index (χ2v) is 5.51. The quantitative estimate of drug-likeness (QED) is 0.342. The van der Waals surface area contributed by atoms with Gasteiger partial charge in [0.05, 0.1) is 21.3 Å². The molecule has 0 amide bonds. The van der Waals surface area contributed by atoms with Crippen LogP contribution in [0.2, 0.25) is 0 Å². The lowest BCUT2D eigenvalue weighted by molar-refractivity contribution is -0.271. The summed E-state index contributed by atoms with van der Waals surface area (Å²) in [4.78, 5) is 22.4. The van der Waals surface area contributed by atoms with Gasteiger partial charge < -0.3 is 14.2 Å². The molecule has 0 radical (unpaired) electrons. The van der Waals surface area contributed by atoms with Crippen molar-refractivity contribution >= 4 is 5.97 Å². The third-order valence-electron chi connectivity index (χ3n) is 3.68. The monoisotopic (exact) mass is 340 g/mol. The van der Waals surface area contributed by atoms with E-state index in [1.54, 1.807) is 12.1 Å². The van der Waals surface area contributed by atoms with E-state index in [1.807, 2.05) is 6.92 Å². The smallest absolute Gasteiger partial charge is 0.376 e. The minimum Gasteiger partial charge on any atom is -0.493 e. The normalized spacial score (nSPS) is 11.7. The molecule has 136 valence electrons. The van der Waals surface area contributed by atoms with Crippen molar-refractivity contribution in [3.8, 4) is 17.2 Å². The van der Waals surface area contributed by atoms with Crippen LogP contribution in [0.15, 0.2) is 12.1 Å². The van der Waals surface area contributed by atoms with Gasteiger partial charge in [0.25, 0.3) is 0 Å². The van der Waals surface area contributed by atoms with Crippen LogP contribution < -0.4 is 14.2 Å². The van der Waals surface area contributed by atoms with Gasteiger partial charge in [0.15, 0.2) is 11.5 Å². The van der Waals surface area contributed by atoms with Crippen LogP contribution in [0.5, 0.6) is 17.2 Å². The summed E-state index contributed by atoms with van der Waals surface area (Å²) in [6, 6.07) is 3.17. The van der Waals surface area contributed by atoms with Crippen LogP contribution >= 0.6 is 0 Å². The second-order valence-electron chi connectivity index (χ2n) is 5.51. The number of ether oxygens (including phenoxy) is 3. The standard InChI is InChI=1S/C18H28O6/c1-6-7-8-9-10-13(2)23-24-18(19)14-11-12-15(20-3)17(22-5)16(14)21-4/h11-13H,6-10H2,1-5H3. The van der Waals surface area contributed by atoms with E-state index in [4.69, 9.17) is 24.0 Å². The van der Waals surface area contributed by atoms with E-state index in [0.29, 0.717) is 11.5 Å². The Morgan fingerprint density at radius 2 is 1.71 bits per heavy atom. The van der Waals surface area contributed by atoms with Gasteiger partial charge in [-0.3, -0.25) is 4.89 Å². The van der Waals surface area contributed by atoms with Crippen LogP contribution in [0.3, 0.4) is 0 Å². The van der Waals surface area contributed by atoms with Crippen LogP contribution in [-0.2, 0) is 9.78 Å². The lowest BCUT2D eigenvalue weighted by Crippen LogP contribution is -2.14. The van der Waals surface area contributed by atoms with E-state index in [1.165, 1.54) is 34.2 Å². The number of benzene rings is 1. The highest BCUT2D eigenvalue weighted by Gasteiger charge is 2.23. The molecule has 0 aliphatic rings. The van der Waals surface area contributed by atoms with E-state index in [0.717, 1.165) is 19.3 Å². The molecular formula is C18H28O6. The Balaban J connectivity index is 2.67. The van der Waals surface area contributed by atoms with E-state index in [2.05, 4.69) is 6.92 Å². The van der Waals surface area contributed by atoms with Gasteiger partial charge in [-0.25, -0.2) is 4.79 Å². The topological polar surface area (TPSA) is 63.2 Å². The number of rotatable bonds is 11. The molecule has 1 atom stereocenters. The number of carbonyl (C=O) groups is 1. The van der Waals surface area contributed by atoms with E-state index in [9.17, 15) is 4.79 Å². The predicted octanol–water partition coefficient (Wildman–Crippen LogP) is 4.16. The van der Waals surface area contributed by atoms with E-state index >= 15 is 0 Å². The lowest BCUT2D eigenvalue weighted by atomic mass is 10.1. The summed E-state index contributed by atoms with van der Waals surface area (Å²) < 4.78 is 15.7. The summed E-state index contributed by atoms with van der Waals surface area (Å²) in [5, 5.41) is 0. The van der Waals surface area contributed by atoms with Crippen molar-refractivity contribution in [1.82, 2.24) is 0 Å². The molecule has 0 aliphatic heterocycles. The maximum absolute atomic E-state index is 12.2. The molecule has 1 rings (SSSR count). The first-order valence-corrected chi connectivity index (χ1v) is 8.25. The van der Waals surface area contributed by atoms with Crippen LogP contribution in [0, 0.1) is 0 Å². The zero-order valence-corrected chi connectivity index (χ0v) is 15.2. The van der Waals surface area contributed by atoms with Gasteiger partial charge in [-0.2, -0.15) is 4.89 Å². The average Bonchev–Trinajstić information content (AvgIpc) is 2.61. The number of carbonyl (C=O) groups excluding carboxylic acids is 1. The number of hydrogen-bond donors (Lipinski definition) is 0. The van der Waals surface area contributed by atoms with Gasteiger partial charge >= 0.3 is 5.97 Å². The predicted molar refractivity (Wildman–Crippen MR) is 90.8 cm³/mol. The van der Waals surface area contributed by atoms with Crippen LogP contribution in [0.25, 0.3) is 0 Å². The van der Waals surface area contributed by atoms with Gasteiger partial charge in [0.2, 0.25) is 5.75 Å². The van der Waals surface area contributed by atoms with Gasteiger partial charge in [0.1, 0.15) is 11.7 Å². The average molecular weight is 340 g/mol. The molecular weight excluding hydrogens is 312 g/mol. The zero-order chi connectivity index (χ0) is 17.9. The van der Waals surface area contributed by atoms with Gasteiger partial charge in [-0.05, 0) is 25.5 Å². The molecule has 0 heterocycles. The molecule has 0 bridgehead atoms.